The summed E-state index contributed by atoms with van der Waals surface area (Å²) in [6, 6.07) is 15.5. The highest BCUT2D eigenvalue weighted by molar-refractivity contribution is 7.91. The Labute approximate surface area is 197 Å². The van der Waals surface area contributed by atoms with Crippen molar-refractivity contribution in [3.8, 4) is 5.75 Å². The van der Waals surface area contributed by atoms with Gasteiger partial charge in [0.1, 0.15) is 10.6 Å². The topological polar surface area (TPSA) is 85.4 Å². The number of methoxy groups -OCH3 is 1. The molecule has 0 bridgehead atoms. The number of carbonyl (C=O) groups excluding carboxylic acids is 1. The molecule has 0 fully saturated rings. The van der Waals surface area contributed by atoms with E-state index in [4.69, 9.17) is 4.74 Å². The van der Waals surface area contributed by atoms with Gasteiger partial charge in [-0.15, -0.1) is 11.3 Å². The lowest BCUT2D eigenvalue weighted by Crippen LogP contribution is -2.21. The minimum atomic E-state index is -3.76. The van der Waals surface area contributed by atoms with E-state index in [1.54, 1.807) is 48.8 Å². The van der Waals surface area contributed by atoms with E-state index >= 15 is 0 Å². The molecule has 1 amide bonds. The number of pyridine rings is 1. The summed E-state index contributed by atoms with van der Waals surface area (Å²) in [5.41, 5.74) is 1.72. The van der Waals surface area contributed by atoms with Gasteiger partial charge in [-0.25, -0.2) is 8.42 Å². The number of fused-ring (bicyclic) bond motifs is 1. The van der Waals surface area contributed by atoms with Gasteiger partial charge in [-0.05, 0) is 58.8 Å². The maximum Gasteiger partial charge on any atom is 0.261 e. The monoisotopic (exact) mass is 480 g/mol. The number of ether oxygens (including phenoxy) is 1. The average Bonchev–Trinajstić information content (AvgIpc) is 3.27. The highest BCUT2D eigenvalue weighted by Gasteiger charge is 2.23. The Morgan fingerprint density at radius 1 is 1.09 bits per heavy atom. The third kappa shape index (κ3) is 4.77. The second-order valence-electron chi connectivity index (χ2n) is 7.92. The SMILES string of the molecule is COc1ccc(C(C)C)cc1S(=O)(=O)c1ccc(CNC(=O)c2cc3ccncc3s2)cc1. The Morgan fingerprint density at radius 3 is 2.52 bits per heavy atom. The van der Waals surface area contributed by atoms with Gasteiger partial charge in [0.2, 0.25) is 9.84 Å². The largest absolute Gasteiger partial charge is 0.495 e. The zero-order valence-electron chi connectivity index (χ0n) is 18.5. The summed E-state index contributed by atoms with van der Waals surface area (Å²) >= 11 is 1.38. The fourth-order valence-electron chi connectivity index (χ4n) is 3.44. The van der Waals surface area contributed by atoms with Crippen molar-refractivity contribution < 1.29 is 17.9 Å². The zero-order valence-corrected chi connectivity index (χ0v) is 20.2. The van der Waals surface area contributed by atoms with Crippen LogP contribution < -0.4 is 10.1 Å². The first-order valence-corrected chi connectivity index (χ1v) is 12.7. The third-order valence-electron chi connectivity index (χ3n) is 5.38. The number of hydrogen-bond donors (Lipinski definition) is 1. The van der Waals surface area contributed by atoms with Crippen LogP contribution in [0.2, 0.25) is 0 Å². The van der Waals surface area contributed by atoms with Gasteiger partial charge in [0.15, 0.2) is 0 Å². The van der Waals surface area contributed by atoms with Gasteiger partial charge in [-0.3, -0.25) is 9.78 Å². The average molecular weight is 481 g/mol. The number of thiophene rings is 1. The van der Waals surface area contributed by atoms with E-state index in [0.717, 1.165) is 21.2 Å². The van der Waals surface area contributed by atoms with Gasteiger partial charge in [0, 0.05) is 18.9 Å². The molecular weight excluding hydrogens is 456 g/mol. The predicted molar refractivity (Wildman–Crippen MR) is 130 cm³/mol. The van der Waals surface area contributed by atoms with Gasteiger partial charge in [0.05, 0.1) is 21.6 Å². The first kappa shape index (κ1) is 22.9. The summed E-state index contributed by atoms with van der Waals surface area (Å²) in [7, 11) is -2.30. The van der Waals surface area contributed by atoms with E-state index in [1.165, 1.54) is 18.4 Å². The normalized spacial score (nSPS) is 11.6. The lowest BCUT2D eigenvalue weighted by Gasteiger charge is -2.14. The highest BCUT2D eigenvalue weighted by Crippen LogP contribution is 2.32. The lowest BCUT2D eigenvalue weighted by atomic mass is 10.0. The van der Waals surface area contributed by atoms with E-state index in [1.807, 2.05) is 32.0 Å². The van der Waals surface area contributed by atoms with E-state index in [9.17, 15) is 13.2 Å². The molecule has 0 saturated carbocycles. The van der Waals surface area contributed by atoms with Crippen LogP contribution in [0.15, 0.2) is 76.8 Å². The summed E-state index contributed by atoms with van der Waals surface area (Å²) in [6.45, 7) is 4.31. The number of rotatable bonds is 7. The molecule has 4 rings (SSSR count). The minimum Gasteiger partial charge on any atom is -0.495 e. The van der Waals surface area contributed by atoms with Crippen LogP contribution in [0.3, 0.4) is 0 Å². The molecule has 1 N–H and O–H groups in total. The zero-order chi connectivity index (χ0) is 23.6. The van der Waals surface area contributed by atoms with Gasteiger partial charge >= 0.3 is 0 Å². The number of benzene rings is 2. The first-order chi connectivity index (χ1) is 15.8. The molecule has 4 aromatic rings. The second-order valence-corrected chi connectivity index (χ2v) is 10.9. The Morgan fingerprint density at radius 2 is 1.85 bits per heavy atom. The van der Waals surface area contributed by atoms with Crippen LogP contribution in [0.4, 0.5) is 0 Å². The number of carbonyl (C=O) groups is 1. The number of nitrogens with one attached hydrogen (secondary N) is 1. The van der Waals surface area contributed by atoms with E-state index in [0.29, 0.717) is 10.6 Å². The fourth-order valence-corrected chi connectivity index (χ4v) is 5.84. The van der Waals surface area contributed by atoms with Crippen molar-refractivity contribution in [2.75, 3.05) is 7.11 Å². The summed E-state index contributed by atoms with van der Waals surface area (Å²) in [4.78, 5) is 17.5. The molecule has 2 heterocycles. The summed E-state index contributed by atoms with van der Waals surface area (Å²) in [6.07, 6.45) is 3.43. The second kappa shape index (κ2) is 9.33. The molecule has 0 saturated heterocycles. The Hall–Kier alpha value is -3.23. The summed E-state index contributed by atoms with van der Waals surface area (Å²) < 4.78 is 32.8. The number of hydrogen-bond acceptors (Lipinski definition) is 6. The number of sulfone groups is 1. The van der Waals surface area contributed by atoms with Crippen molar-refractivity contribution in [1.82, 2.24) is 10.3 Å². The van der Waals surface area contributed by atoms with Crippen molar-refractivity contribution >= 4 is 37.2 Å². The summed E-state index contributed by atoms with van der Waals surface area (Å²) in [5, 5.41) is 3.86. The van der Waals surface area contributed by atoms with E-state index < -0.39 is 9.84 Å². The van der Waals surface area contributed by atoms with Gasteiger partial charge in [-0.2, -0.15) is 0 Å². The Bertz CT molecular complexity index is 1380. The highest BCUT2D eigenvalue weighted by atomic mass is 32.2. The molecule has 6 nitrogen and oxygen atoms in total. The molecule has 2 aromatic heterocycles. The molecule has 0 aliphatic rings. The lowest BCUT2D eigenvalue weighted by molar-refractivity contribution is 0.0955. The number of amides is 1. The van der Waals surface area contributed by atoms with Crippen LogP contribution in [0, 0.1) is 0 Å². The maximum absolute atomic E-state index is 13.3. The quantitative estimate of drug-likeness (QED) is 0.393. The summed E-state index contributed by atoms with van der Waals surface area (Å²) in [5.74, 6) is 0.324. The molecule has 170 valence electrons. The molecule has 0 spiro atoms. The van der Waals surface area contributed by atoms with Crippen molar-refractivity contribution in [2.45, 2.75) is 36.1 Å². The standard InChI is InChI=1S/C25H24N2O4S2/c1-16(2)18-6-9-21(31-3)24(13-18)33(29,30)20-7-4-17(5-8-20)14-27-25(28)22-12-19-10-11-26-15-23(19)32-22/h4-13,15-16H,14H2,1-3H3,(H,27,28). The van der Waals surface area contributed by atoms with Gasteiger partial charge in [-0.1, -0.05) is 32.0 Å². The van der Waals surface area contributed by atoms with Crippen molar-refractivity contribution in [3.05, 3.63) is 83.0 Å². The third-order valence-corrected chi connectivity index (χ3v) is 8.25. The smallest absolute Gasteiger partial charge is 0.261 e. The van der Waals surface area contributed by atoms with Crippen LogP contribution in [-0.4, -0.2) is 26.4 Å². The molecule has 0 unspecified atom stereocenters. The van der Waals surface area contributed by atoms with Gasteiger partial charge < -0.3 is 10.1 Å². The van der Waals surface area contributed by atoms with Crippen LogP contribution in [0.1, 0.15) is 40.6 Å². The van der Waals surface area contributed by atoms with Crippen molar-refractivity contribution in [2.24, 2.45) is 0 Å². The van der Waals surface area contributed by atoms with E-state index in [-0.39, 0.29) is 28.2 Å². The Balaban J connectivity index is 1.51. The van der Waals surface area contributed by atoms with Crippen LogP contribution in [0.5, 0.6) is 5.75 Å². The van der Waals surface area contributed by atoms with Crippen LogP contribution in [0.25, 0.3) is 10.1 Å². The Kier molecular flexibility index (Phi) is 6.49. The number of aromatic nitrogens is 1. The van der Waals surface area contributed by atoms with Crippen molar-refractivity contribution in [1.29, 1.82) is 0 Å². The molecule has 0 aliphatic carbocycles. The molecule has 0 aliphatic heterocycles. The molecule has 0 atom stereocenters. The fraction of sp³-hybridized carbons (Fsp3) is 0.200. The molecule has 2 aromatic carbocycles. The van der Waals surface area contributed by atoms with Crippen LogP contribution >= 0.6 is 11.3 Å². The van der Waals surface area contributed by atoms with Crippen LogP contribution in [-0.2, 0) is 16.4 Å². The van der Waals surface area contributed by atoms with E-state index in [2.05, 4.69) is 10.3 Å². The molecule has 8 heteroatoms. The van der Waals surface area contributed by atoms with Crippen molar-refractivity contribution in [3.63, 3.8) is 0 Å². The molecule has 0 radical (unpaired) electrons. The molecular formula is C25H24N2O4S2. The predicted octanol–water partition coefficient (Wildman–Crippen LogP) is 5.19. The first-order valence-electron chi connectivity index (χ1n) is 10.4. The maximum atomic E-state index is 13.3. The number of nitrogens with zero attached hydrogens (tertiary/aromatic N) is 1. The minimum absolute atomic E-state index is 0.150. The molecule has 33 heavy (non-hydrogen) atoms. The van der Waals surface area contributed by atoms with Gasteiger partial charge in [0.25, 0.3) is 5.91 Å².